The second kappa shape index (κ2) is 3.46. The van der Waals surface area contributed by atoms with E-state index >= 15 is 0 Å². The van der Waals surface area contributed by atoms with Crippen LogP contribution in [0.25, 0.3) is 0 Å². The van der Waals surface area contributed by atoms with E-state index in [-0.39, 0.29) is 0 Å². The van der Waals surface area contributed by atoms with E-state index in [0.29, 0.717) is 0 Å². The highest BCUT2D eigenvalue weighted by Crippen LogP contribution is 2.17. The zero-order valence-corrected chi connectivity index (χ0v) is 6.07. The van der Waals surface area contributed by atoms with Gasteiger partial charge in [0.15, 0.2) is 5.78 Å². The Morgan fingerprint density at radius 2 is 1.58 bits per heavy atom. The summed E-state index contributed by atoms with van der Waals surface area (Å²) in [6.45, 7) is 0.811. The van der Waals surface area contributed by atoms with Crippen LogP contribution < -0.4 is 0 Å². The Morgan fingerprint density at radius 1 is 1.17 bits per heavy atom. The third-order valence-corrected chi connectivity index (χ3v) is 1.03. The van der Waals surface area contributed by atoms with Crippen molar-refractivity contribution in [1.82, 2.24) is 0 Å². The molecule has 0 saturated heterocycles. The van der Waals surface area contributed by atoms with Gasteiger partial charge in [0.05, 0.1) is 6.42 Å². The largest absolute Gasteiger partial charge is 0.450 e. The molecule has 12 heavy (non-hydrogen) atoms. The predicted molar refractivity (Wildman–Crippen MR) is 31.4 cm³/mol. The summed E-state index contributed by atoms with van der Waals surface area (Å²) in [7, 11) is 0. The van der Waals surface area contributed by atoms with E-state index in [9.17, 15) is 27.6 Å². The molecular weight excluding hydrogens is 177 g/mol. The van der Waals surface area contributed by atoms with Crippen molar-refractivity contribution in [2.45, 2.75) is 19.5 Å². The summed E-state index contributed by atoms with van der Waals surface area (Å²) in [5.41, 5.74) is 0. The Hall–Kier alpha value is -1.20. The highest BCUT2D eigenvalue weighted by Gasteiger charge is 2.39. The molecule has 0 atom stereocenters. The summed E-state index contributed by atoms with van der Waals surface area (Å²) in [5, 5.41) is 0. The van der Waals surface area contributed by atoms with Gasteiger partial charge in [-0.25, -0.2) is 0 Å². The van der Waals surface area contributed by atoms with Crippen LogP contribution in [0.2, 0.25) is 0 Å². The van der Waals surface area contributed by atoms with Gasteiger partial charge in [-0.2, -0.15) is 13.2 Å². The maximum absolute atomic E-state index is 11.5. The van der Waals surface area contributed by atoms with Crippen LogP contribution in [0.5, 0.6) is 0 Å². The fourth-order valence-corrected chi connectivity index (χ4v) is 0.371. The Balaban J connectivity index is 4.21. The van der Waals surface area contributed by atoms with Gasteiger partial charge in [0.2, 0.25) is 11.6 Å². The van der Waals surface area contributed by atoms with Gasteiger partial charge in [0.25, 0.3) is 0 Å². The maximum atomic E-state index is 11.5. The minimum absolute atomic E-state index is 0.811. The van der Waals surface area contributed by atoms with Crippen LogP contribution in [0, 0.1) is 0 Å². The molecule has 0 heterocycles. The molecule has 0 aliphatic heterocycles. The van der Waals surface area contributed by atoms with Gasteiger partial charge >= 0.3 is 6.18 Å². The molecule has 0 aliphatic rings. The topological polar surface area (TPSA) is 51.2 Å². The molecule has 0 spiro atoms. The Kier molecular flexibility index (Phi) is 3.12. The minimum atomic E-state index is -5.04. The van der Waals surface area contributed by atoms with Crippen LogP contribution in [-0.2, 0) is 14.4 Å². The molecule has 0 saturated carbocycles. The molecule has 0 unspecified atom stereocenters. The fourth-order valence-electron chi connectivity index (χ4n) is 0.371. The van der Waals surface area contributed by atoms with Crippen molar-refractivity contribution in [3.05, 3.63) is 0 Å². The Morgan fingerprint density at radius 3 is 1.83 bits per heavy atom. The van der Waals surface area contributed by atoms with Crippen LogP contribution in [0.4, 0.5) is 13.2 Å². The molecule has 0 aromatic carbocycles. The predicted octanol–water partition coefficient (Wildman–Crippen LogP) is 0.666. The van der Waals surface area contributed by atoms with Gasteiger partial charge in [-0.1, -0.05) is 0 Å². The van der Waals surface area contributed by atoms with E-state index in [4.69, 9.17) is 0 Å². The first-order valence-electron chi connectivity index (χ1n) is 2.89. The molecule has 0 N–H and O–H groups in total. The number of rotatable bonds is 3. The molecule has 3 nitrogen and oxygen atoms in total. The lowest BCUT2D eigenvalue weighted by molar-refractivity contribution is -0.172. The van der Waals surface area contributed by atoms with Crippen molar-refractivity contribution in [3.8, 4) is 0 Å². The molecule has 0 aromatic heterocycles. The highest BCUT2D eigenvalue weighted by atomic mass is 19.4. The quantitative estimate of drug-likeness (QED) is 0.476. The number of ketones is 3. The first-order valence-corrected chi connectivity index (χ1v) is 2.89. The number of alkyl halides is 3. The van der Waals surface area contributed by atoms with Crippen molar-refractivity contribution in [3.63, 3.8) is 0 Å². The van der Waals surface area contributed by atoms with Gasteiger partial charge in [-0.05, 0) is 0 Å². The lowest BCUT2D eigenvalue weighted by Gasteiger charge is -2.01. The smallest absolute Gasteiger partial charge is 0.291 e. The van der Waals surface area contributed by atoms with Crippen LogP contribution in [0.1, 0.15) is 13.3 Å². The summed E-state index contributed by atoms with van der Waals surface area (Å²) in [5.74, 6) is -4.56. The lowest BCUT2D eigenvalue weighted by Crippen LogP contribution is -2.27. The second-order valence-electron chi connectivity index (χ2n) is 2.08. The van der Waals surface area contributed by atoms with Crippen LogP contribution >= 0.6 is 0 Å². The fraction of sp³-hybridized carbons (Fsp3) is 0.500. The Labute approximate surface area is 65.5 Å². The van der Waals surface area contributed by atoms with Gasteiger partial charge in [-0.3, -0.25) is 14.4 Å². The third-order valence-electron chi connectivity index (χ3n) is 1.03. The molecule has 0 aromatic rings. The van der Waals surface area contributed by atoms with Crippen molar-refractivity contribution in [2.24, 2.45) is 0 Å². The van der Waals surface area contributed by atoms with Crippen molar-refractivity contribution < 1.29 is 27.6 Å². The van der Waals surface area contributed by atoms with Crippen LogP contribution in [-0.4, -0.2) is 23.5 Å². The summed E-state index contributed by atoms with van der Waals surface area (Å²) >= 11 is 0. The first kappa shape index (κ1) is 10.8. The first-order chi connectivity index (χ1) is 5.25. The number of carbonyl (C=O) groups is 3. The molecule has 0 rings (SSSR count). The zero-order chi connectivity index (χ0) is 9.94. The second-order valence-corrected chi connectivity index (χ2v) is 2.08. The van der Waals surface area contributed by atoms with Gasteiger partial charge < -0.3 is 0 Å². The number of hydrogen-bond donors (Lipinski definition) is 0. The zero-order valence-electron chi connectivity index (χ0n) is 6.07. The average Bonchev–Trinajstić information content (AvgIpc) is 1.85. The number of halogens is 3. The van der Waals surface area contributed by atoms with E-state index in [2.05, 4.69) is 0 Å². The highest BCUT2D eigenvalue weighted by molar-refractivity contribution is 6.39. The summed E-state index contributed by atoms with van der Waals surface area (Å²) in [6.07, 6.45) is -6.43. The van der Waals surface area contributed by atoms with E-state index in [1.54, 1.807) is 0 Å². The van der Waals surface area contributed by atoms with E-state index in [1.807, 2.05) is 0 Å². The summed E-state index contributed by atoms with van der Waals surface area (Å²) in [6, 6.07) is 0. The molecule has 68 valence electrons. The van der Waals surface area contributed by atoms with Crippen LogP contribution in [0.15, 0.2) is 0 Å². The van der Waals surface area contributed by atoms with E-state index < -0.39 is 29.9 Å². The standard InChI is InChI=1S/C6H5F3O3/c1-3(10)4(11)2-5(12)6(7,8)9/h2H2,1H3. The number of carbonyl (C=O) groups excluding carboxylic acids is 3. The molecule has 0 radical (unpaired) electrons. The summed E-state index contributed by atoms with van der Waals surface area (Å²) < 4.78 is 34.4. The van der Waals surface area contributed by atoms with Crippen LogP contribution in [0.3, 0.4) is 0 Å². The van der Waals surface area contributed by atoms with E-state index in [0.717, 1.165) is 6.92 Å². The van der Waals surface area contributed by atoms with E-state index in [1.165, 1.54) is 0 Å². The van der Waals surface area contributed by atoms with Gasteiger partial charge in [0.1, 0.15) is 0 Å². The van der Waals surface area contributed by atoms with Gasteiger partial charge in [-0.15, -0.1) is 0 Å². The molecule has 0 aliphatic carbocycles. The van der Waals surface area contributed by atoms with Crippen molar-refractivity contribution in [2.75, 3.05) is 0 Å². The normalized spacial score (nSPS) is 11.0. The van der Waals surface area contributed by atoms with Gasteiger partial charge in [0, 0.05) is 6.92 Å². The van der Waals surface area contributed by atoms with Crippen molar-refractivity contribution >= 4 is 17.3 Å². The molecular formula is C6H5F3O3. The number of Topliss-reactive ketones (excluding diaryl/α,β-unsaturated/α-hetero) is 3. The Bertz CT molecular complexity index is 229. The molecule has 0 bridgehead atoms. The average molecular weight is 182 g/mol. The summed E-state index contributed by atoms with van der Waals surface area (Å²) in [4.78, 5) is 30.5. The molecule has 0 fully saturated rings. The lowest BCUT2D eigenvalue weighted by atomic mass is 10.1. The number of hydrogen-bond acceptors (Lipinski definition) is 3. The monoisotopic (exact) mass is 182 g/mol. The molecule has 0 amide bonds. The van der Waals surface area contributed by atoms with Crippen molar-refractivity contribution in [1.29, 1.82) is 0 Å². The SMILES string of the molecule is CC(=O)C(=O)CC(=O)C(F)(F)F. The molecule has 6 heteroatoms. The maximum Gasteiger partial charge on any atom is 0.450 e. The third kappa shape index (κ3) is 3.27. The minimum Gasteiger partial charge on any atom is -0.291 e.